The summed E-state index contributed by atoms with van der Waals surface area (Å²) in [5, 5.41) is 0. The van der Waals surface area contributed by atoms with E-state index in [4.69, 9.17) is 18.9 Å². The van der Waals surface area contributed by atoms with Crippen LogP contribution in [0, 0.1) is 56.2 Å². The smallest absolute Gasteiger partial charge is 0.312 e. The summed E-state index contributed by atoms with van der Waals surface area (Å²) in [6, 6.07) is 9.90. The molecule has 9 nitrogen and oxygen atoms in total. The number of ether oxygens (including phenoxy) is 5. The van der Waals surface area contributed by atoms with E-state index in [0.717, 1.165) is 63.4 Å². The first kappa shape index (κ1) is 44.7. The van der Waals surface area contributed by atoms with Gasteiger partial charge in [-0.05, 0) is 122 Å². The van der Waals surface area contributed by atoms with Gasteiger partial charge in [-0.25, -0.2) is 0 Å². The number of carbonyl (C=O) groups excluding carboxylic acids is 4. The molecule has 0 aliphatic heterocycles. The highest BCUT2D eigenvalue weighted by Crippen LogP contribution is 2.75. The van der Waals surface area contributed by atoms with E-state index in [9.17, 15) is 19.2 Å². The number of ketones is 2. The molecule has 1 aromatic carbocycles. The van der Waals surface area contributed by atoms with E-state index in [1.54, 1.807) is 0 Å². The molecule has 322 valence electrons. The lowest BCUT2D eigenvalue weighted by Gasteiger charge is -2.70. The summed E-state index contributed by atoms with van der Waals surface area (Å²) in [6.07, 6.45) is 11.8. The molecule has 0 radical (unpaired) electrons. The largest absolute Gasteiger partial charge is 0.469 e. The van der Waals surface area contributed by atoms with Gasteiger partial charge in [0.1, 0.15) is 12.4 Å². The van der Waals surface area contributed by atoms with Gasteiger partial charge in [0.2, 0.25) is 0 Å². The van der Waals surface area contributed by atoms with Crippen LogP contribution in [0.15, 0.2) is 42.0 Å². The Morgan fingerprint density at radius 1 is 0.741 bits per heavy atom. The molecule has 0 heterocycles. The van der Waals surface area contributed by atoms with E-state index in [1.165, 1.54) is 12.7 Å². The van der Waals surface area contributed by atoms with Crippen LogP contribution in [0.2, 0.25) is 0 Å². The Kier molecular flexibility index (Phi) is 13.6. The summed E-state index contributed by atoms with van der Waals surface area (Å²) < 4.78 is 27.3. The maximum Gasteiger partial charge on any atom is 0.312 e. The van der Waals surface area contributed by atoms with Crippen molar-refractivity contribution in [1.29, 1.82) is 0 Å². The Morgan fingerprint density at radius 2 is 1.40 bits per heavy atom. The summed E-state index contributed by atoms with van der Waals surface area (Å²) in [5.74, 6) is 0.486. The van der Waals surface area contributed by atoms with Crippen LogP contribution in [0.5, 0.6) is 0 Å². The SMILES string of the molecule is COC(=O)CCOCCOCCOCCCC(=O)[C@H]1CC[C@]2(C)[C@H]3C(=O)C=C4[C@@H]5C[C@@](C)(C(=O)OCc6ccccc6)CC[C@]5(C)CC[C@@]4(C)[C@]3(C)CC[C@H]2C1(C)C. The summed E-state index contributed by atoms with van der Waals surface area (Å²) in [7, 11) is 1.36. The third-order valence-electron chi connectivity index (χ3n) is 16.8. The molecule has 9 atom stereocenters. The summed E-state index contributed by atoms with van der Waals surface area (Å²) in [4.78, 5) is 53.8. The second-order valence-electron chi connectivity index (χ2n) is 20.5. The van der Waals surface area contributed by atoms with Crippen LogP contribution in [0.25, 0.3) is 0 Å². The van der Waals surface area contributed by atoms with Crippen molar-refractivity contribution >= 4 is 23.5 Å². The van der Waals surface area contributed by atoms with Crippen LogP contribution in [-0.4, -0.2) is 70.3 Å². The molecule has 0 N–H and O–H groups in total. The zero-order valence-electron chi connectivity index (χ0n) is 36.9. The molecule has 1 aromatic rings. The van der Waals surface area contributed by atoms with Gasteiger partial charge in [-0.15, -0.1) is 0 Å². The second kappa shape index (κ2) is 17.6. The quantitative estimate of drug-likeness (QED) is 0.112. The number of benzene rings is 1. The summed E-state index contributed by atoms with van der Waals surface area (Å²) in [6.45, 7) is 19.2. The molecule has 0 saturated heterocycles. The van der Waals surface area contributed by atoms with Crippen LogP contribution in [-0.2, 0) is 49.5 Å². The van der Waals surface area contributed by atoms with Crippen LogP contribution < -0.4 is 0 Å². The molecule has 58 heavy (non-hydrogen) atoms. The minimum absolute atomic E-state index is 0.0326. The van der Waals surface area contributed by atoms with Crippen LogP contribution in [0.3, 0.4) is 0 Å². The number of fused-ring (bicyclic) bond motifs is 7. The van der Waals surface area contributed by atoms with Gasteiger partial charge in [0.25, 0.3) is 0 Å². The van der Waals surface area contributed by atoms with Crippen molar-refractivity contribution in [3.8, 4) is 0 Å². The van der Waals surface area contributed by atoms with Crippen molar-refractivity contribution in [3.63, 3.8) is 0 Å². The maximum absolute atomic E-state index is 14.9. The van der Waals surface area contributed by atoms with E-state index in [0.29, 0.717) is 58.3 Å². The van der Waals surface area contributed by atoms with Crippen molar-refractivity contribution < 1.29 is 42.9 Å². The fourth-order valence-electron chi connectivity index (χ4n) is 13.2. The lowest BCUT2D eigenvalue weighted by Crippen LogP contribution is -2.66. The number of hydrogen-bond donors (Lipinski definition) is 0. The summed E-state index contributed by atoms with van der Waals surface area (Å²) >= 11 is 0. The van der Waals surface area contributed by atoms with Gasteiger partial charge in [-0.3, -0.25) is 19.2 Å². The fraction of sp³-hybridized carbons (Fsp3) is 0.755. The molecule has 0 bridgehead atoms. The molecule has 5 aliphatic rings. The zero-order valence-corrected chi connectivity index (χ0v) is 36.9. The van der Waals surface area contributed by atoms with Crippen molar-refractivity contribution in [2.75, 3.05) is 46.8 Å². The molecule has 0 unspecified atom stereocenters. The molecular weight excluding hydrogens is 733 g/mol. The van der Waals surface area contributed by atoms with Crippen LogP contribution >= 0.6 is 0 Å². The first-order chi connectivity index (χ1) is 27.4. The summed E-state index contributed by atoms with van der Waals surface area (Å²) in [5.41, 5.74) is 0.988. The van der Waals surface area contributed by atoms with Gasteiger partial charge in [0.15, 0.2) is 5.78 Å². The standard InChI is InChI=1S/C49H72O9/c1-44(2)35(38(50)15-12-25-55-27-29-57-30-28-56-26-18-41(52)54-8)16-19-47(5)40(44)17-20-49(7)42(47)39(51)31-36-37-32-46(4,22-21-45(37,3)23-24-48(36,49)6)43(53)58-33-34-13-10-9-11-14-34/h9-11,13-14,31,35,37,40,42H,12,15-30,32-33H2,1-8H3/t35-,37+,40+,42-,45-,46+,47+,48-,49-/m1/s1. The monoisotopic (exact) mass is 805 g/mol. The molecule has 9 heteroatoms. The first-order valence-electron chi connectivity index (χ1n) is 22.3. The number of methoxy groups -OCH3 is 1. The zero-order chi connectivity index (χ0) is 42.0. The number of allylic oxidation sites excluding steroid dienone is 2. The van der Waals surface area contributed by atoms with Gasteiger partial charge in [-0.2, -0.15) is 0 Å². The lowest BCUT2D eigenvalue weighted by atomic mass is 9.33. The highest BCUT2D eigenvalue weighted by molar-refractivity contribution is 5.96. The number of rotatable bonds is 17. The Hall–Kier alpha value is -2.88. The van der Waals surface area contributed by atoms with Gasteiger partial charge in [-0.1, -0.05) is 77.4 Å². The Balaban J connectivity index is 1.07. The predicted molar refractivity (Wildman–Crippen MR) is 222 cm³/mol. The molecule has 4 saturated carbocycles. The predicted octanol–water partition coefficient (Wildman–Crippen LogP) is 9.29. The fourth-order valence-corrected chi connectivity index (χ4v) is 13.2. The maximum atomic E-state index is 14.9. The van der Waals surface area contributed by atoms with Crippen molar-refractivity contribution in [3.05, 3.63) is 47.5 Å². The number of carbonyl (C=O) groups is 4. The first-order valence-corrected chi connectivity index (χ1v) is 22.3. The van der Waals surface area contributed by atoms with Gasteiger partial charge in [0.05, 0.1) is 52.0 Å². The number of Topliss-reactive ketones (excluding diaryl/α,β-unsaturated/α-hetero) is 1. The van der Waals surface area contributed by atoms with E-state index >= 15 is 0 Å². The molecule has 4 fully saturated rings. The molecule has 0 spiro atoms. The minimum atomic E-state index is -0.594. The highest BCUT2D eigenvalue weighted by atomic mass is 16.5. The average molecular weight is 805 g/mol. The van der Waals surface area contributed by atoms with Crippen LogP contribution in [0.1, 0.15) is 131 Å². The van der Waals surface area contributed by atoms with Gasteiger partial charge < -0.3 is 23.7 Å². The van der Waals surface area contributed by atoms with E-state index in [1.807, 2.05) is 30.3 Å². The Labute approximate surface area is 348 Å². The van der Waals surface area contributed by atoms with Crippen molar-refractivity contribution in [1.82, 2.24) is 0 Å². The van der Waals surface area contributed by atoms with E-state index < -0.39 is 5.41 Å². The van der Waals surface area contributed by atoms with E-state index in [-0.39, 0.29) is 81.5 Å². The number of esters is 2. The molecule has 6 rings (SSSR count). The highest BCUT2D eigenvalue weighted by Gasteiger charge is 2.70. The second-order valence-corrected chi connectivity index (χ2v) is 20.5. The van der Waals surface area contributed by atoms with Crippen molar-refractivity contribution in [2.45, 2.75) is 132 Å². The van der Waals surface area contributed by atoms with Crippen molar-refractivity contribution in [2.24, 2.45) is 56.2 Å². The third-order valence-corrected chi connectivity index (χ3v) is 16.8. The third kappa shape index (κ3) is 8.39. The Bertz CT molecular complexity index is 1690. The molecular formula is C49H72O9. The minimum Gasteiger partial charge on any atom is -0.469 e. The molecule has 0 aromatic heterocycles. The molecule has 0 amide bonds. The van der Waals surface area contributed by atoms with Gasteiger partial charge in [0, 0.05) is 24.9 Å². The topological polar surface area (TPSA) is 114 Å². The molecule has 5 aliphatic carbocycles. The van der Waals surface area contributed by atoms with E-state index in [2.05, 4.69) is 59.3 Å². The van der Waals surface area contributed by atoms with Gasteiger partial charge >= 0.3 is 11.9 Å². The lowest BCUT2D eigenvalue weighted by molar-refractivity contribution is -0.194. The normalized spacial score (nSPS) is 36.3. The average Bonchev–Trinajstić information content (AvgIpc) is 3.18. The number of hydrogen-bond acceptors (Lipinski definition) is 9. The Morgan fingerprint density at radius 3 is 2.09 bits per heavy atom. The van der Waals surface area contributed by atoms with Crippen LogP contribution in [0.4, 0.5) is 0 Å².